The first-order valence-electron chi connectivity index (χ1n) is 7.52. The molecule has 0 atom stereocenters. The van der Waals surface area contributed by atoms with Gasteiger partial charge in [0.15, 0.2) is 0 Å². The van der Waals surface area contributed by atoms with Gasteiger partial charge in [0.25, 0.3) is 0 Å². The molecule has 122 valence electrons. The van der Waals surface area contributed by atoms with Crippen molar-refractivity contribution < 1.29 is 15.0 Å². The Morgan fingerprint density at radius 3 is 2.61 bits per heavy atom. The second-order valence-electron chi connectivity index (χ2n) is 6.46. The van der Waals surface area contributed by atoms with E-state index in [1.807, 2.05) is 30.5 Å². The Balaban J connectivity index is 2.10. The SMILES string of the molecule is CC(C)(C)/C(O)=C(/C=NCCc1c[nH]c2ccccc12)C(=O)O. The van der Waals surface area contributed by atoms with Crippen LogP contribution < -0.4 is 0 Å². The maximum atomic E-state index is 11.3. The van der Waals surface area contributed by atoms with Crippen molar-refractivity contribution in [2.75, 3.05) is 6.54 Å². The van der Waals surface area contributed by atoms with E-state index < -0.39 is 11.4 Å². The zero-order valence-electron chi connectivity index (χ0n) is 13.6. The van der Waals surface area contributed by atoms with Crippen LogP contribution in [0.2, 0.25) is 0 Å². The number of nitrogens with zero attached hydrogens (tertiary/aromatic N) is 1. The lowest BCUT2D eigenvalue weighted by Gasteiger charge is -2.18. The highest BCUT2D eigenvalue weighted by atomic mass is 16.4. The molecule has 0 spiro atoms. The van der Waals surface area contributed by atoms with Crippen molar-refractivity contribution in [1.29, 1.82) is 0 Å². The number of benzene rings is 1. The molecule has 3 N–H and O–H groups in total. The van der Waals surface area contributed by atoms with Gasteiger partial charge in [-0.15, -0.1) is 0 Å². The molecule has 0 aliphatic rings. The summed E-state index contributed by atoms with van der Waals surface area (Å²) in [5, 5.41) is 20.4. The number of fused-ring (bicyclic) bond motifs is 1. The molecule has 0 fully saturated rings. The maximum Gasteiger partial charge on any atom is 0.340 e. The van der Waals surface area contributed by atoms with Gasteiger partial charge >= 0.3 is 5.97 Å². The van der Waals surface area contributed by atoms with E-state index in [0.29, 0.717) is 13.0 Å². The Labute approximate surface area is 135 Å². The van der Waals surface area contributed by atoms with Crippen molar-refractivity contribution >= 4 is 23.1 Å². The van der Waals surface area contributed by atoms with Gasteiger partial charge < -0.3 is 15.2 Å². The average Bonchev–Trinajstić information content (AvgIpc) is 2.88. The third kappa shape index (κ3) is 4.00. The first-order valence-corrected chi connectivity index (χ1v) is 7.52. The summed E-state index contributed by atoms with van der Waals surface area (Å²) in [6.45, 7) is 5.72. The highest BCUT2D eigenvalue weighted by Crippen LogP contribution is 2.25. The van der Waals surface area contributed by atoms with Crippen LogP contribution in [0.3, 0.4) is 0 Å². The first-order chi connectivity index (χ1) is 10.8. The molecule has 5 heteroatoms. The van der Waals surface area contributed by atoms with E-state index in [9.17, 15) is 15.0 Å². The predicted octanol–water partition coefficient (Wildman–Crippen LogP) is 3.72. The molecule has 23 heavy (non-hydrogen) atoms. The molecule has 1 aromatic carbocycles. The number of carboxylic acid groups (broad SMARTS) is 1. The number of carbonyl (C=O) groups is 1. The van der Waals surface area contributed by atoms with E-state index >= 15 is 0 Å². The number of aliphatic carboxylic acids is 1. The van der Waals surface area contributed by atoms with Crippen LogP contribution in [-0.2, 0) is 11.2 Å². The molecule has 1 aromatic heterocycles. The Morgan fingerprint density at radius 2 is 1.96 bits per heavy atom. The fourth-order valence-corrected chi connectivity index (χ4v) is 2.30. The van der Waals surface area contributed by atoms with Crippen molar-refractivity contribution in [1.82, 2.24) is 4.98 Å². The molecule has 0 radical (unpaired) electrons. The molecule has 2 rings (SSSR count). The Hall–Kier alpha value is -2.56. The van der Waals surface area contributed by atoms with E-state index in [2.05, 4.69) is 9.98 Å². The number of aliphatic hydroxyl groups excluding tert-OH is 1. The minimum Gasteiger partial charge on any atom is -0.511 e. The van der Waals surface area contributed by atoms with E-state index in [0.717, 1.165) is 16.5 Å². The molecule has 0 unspecified atom stereocenters. The minimum absolute atomic E-state index is 0.156. The monoisotopic (exact) mass is 314 g/mol. The molecule has 0 saturated carbocycles. The third-order valence-electron chi connectivity index (χ3n) is 3.60. The van der Waals surface area contributed by atoms with E-state index in [1.54, 1.807) is 20.8 Å². The van der Waals surface area contributed by atoms with Crippen molar-refractivity contribution in [2.45, 2.75) is 27.2 Å². The van der Waals surface area contributed by atoms with Gasteiger partial charge in [0, 0.05) is 35.3 Å². The fraction of sp³-hybridized carbons (Fsp3) is 0.333. The minimum atomic E-state index is -1.17. The molecular weight excluding hydrogens is 292 g/mol. The molecule has 0 aliphatic carbocycles. The topological polar surface area (TPSA) is 85.7 Å². The van der Waals surface area contributed by atoms with Gasteiger partial charge in [0.2, 0.25) is 0 Å². The molecule has 0 saturated heterocycles. The summed E-state index contributed by atoms with van der Waals surface area (Å²) in [6, 6.07) is 8.00. The standard InChI is InChI=1S/C18H22N2O3/c1-18(2,3)16(21)14(17(22)23)11-19-9-8-12-10-20-15-7-5-4-6-13(12)15/h4-7,10-11,20-21H,8-9H2,1-3H3,(H,22,23)/b16-14+,19-11?. The van der Waals surface area contributed by atoms with E-state index in [1.165, 1.54) is 6.21 Å². The van der Waals surface area contributed by atoms with Crippen LogP contribution in [0.15, 0.2) is 46.8 Å². The Bertz CT molecular complexity index is 764. The highest BCUT2D eigenvalue weighted by Gasteiger charge is 2.23. The van der Waals surface area contributed by atoms with Gasteiger partial charge in [-0.1, -0.05) is 39.0 Å². The second kappa shape index (κ2) is 6.69. The van der Waals surface area contributed by atoms with Crippen molar-refractivity contribution in [2.24, 2.45) is 10.4 Å². The molecular formula is C18H22N2O3. The van der Waals surface area contributed by atoms with Crippen LogP contribution in [0.5, 0.6) is 0 Å². The third-order valence-corrected chi connectivity index (χ3v) is 3.60. The summed E-state index contributed by atoms with van der Waals surface area (Å²) >= 11 is 0. The van der Waals surface area contributed by atoms with Crippen LogP contribution in [0.25, 0.3) is 10.9 Å². The molecule has 5 nitrogen and oxygen atoms in total. The number of hydrogen-bond donors (Lipinski definition) is 3. The molecule has 0 aliphatic heterocycles. The number of aliphatic hydroxyl groups is 1. The largest absolute Gasteiger partial charge is 0.511 e. The molecule has 0 bridgehead atoms. The summed E-state index contributed by atoms with van der Waals surface area (Å²) < 4.78 is 0. The summed E-state index contributed by atoms with van der Waals surface area (Å²) in [6.07, 6.45) is 3.89. The number of carboxylic acids is 1. The van der Waals surface area contributed by atoms with E-state index in [4.69, 9.17) is 0 Å². The lowest BCUT2D eigenvalue weighted by Crippen LogP contribution is -2.17. The van der Waals surface area contributed by atoms with Gasteiger partial charge in [0.1, 0.15) is 11.3 Å². The second-order valence-corrected chi connectivity index (χ2v) is 6.46. The lowest BCUT2D eigenvalue weighted by atomic mass is 9.91. The fourth-order valence-electron chi connectivity index (χ4n) is 2.30. The summed E-state index contributed by atoms with van der Waals surface area (Å²) in [5.41, 5.74) is 1.43. The Morgan fingerprint density at radius 1 is 1.26 bits per heavy atom. The van der Waals surface area contributed by atoms with Crippen LogP contribution in [0.4, 0.5) is 0 Å². The van der Waals surface area contributed by atoms with Crippen molar-refractivity contribution in [3.8, 4) is 0 Å². The normalized spacial score (nSPS) is 13.5. The predicted molar refractivity (Wildman–Crippen MR) is 92.1 cm³/mol. The van der Waals surface area contributed by atoms with E-state index in [-0.39, 0.29) is 11.3 Å². The number of nitrogens with one attached hydrogen (secondary N) is 1. The zero-order chi connectivity index (χ0) is 17.0. The number of para-hydroxylation sites is 1. The molecule has 0 amide bonds. The van der Waals surface area contributed by atoms with Crippen LogP contribution >= 0.6 is 0 Å². The van der Waals surface area contributed by atoms with Gasteiger partial charge in [-0.25, -0.2) is 4.79 Å². The average molecular weight is 314 g/mol. The number of rotatable bonds is 5. The smallest absolute Gasteiger partial charge is 0.340 e. The summed E-state index contributed by atoms with van der Waals surface area (Å²) in [7, 11) is 0. The Kier molecular flexibility index (Phi) is 4.89. The lowest BCUT2D eigenvalue weighted by molar-refractivity contribution is -0.132. The number of aromatic nitrogens is 1. The van der Waals surface area contributed by atoms with Gasteiger partial charge in [-0.05, 0) is 18.1 Å². The number of hydrogen-bond acceptors (Lipinski definition) is 3. The molecule has 2 aromatic rings. The molecule has 1 heterocycles. The number of aliphatic imine (C=N–C) groups is 1. The van der Waals surface area contributed by atoms with Gasteiger partial charge in [0.05, 0.1) is 0 Å². The van der Waals surface area contributed by atoms with Crippen LogP contribution in [0, 0.1) is 5.41 Å². The summed E-state index contributed by atoms with van der Waals surface area (Å²) in [5.74, 6) is -1.34. The summed E-state index contributed by atoms with van der Waals surface area (Å²) in [4.78, 5) is 18.6. The van der Waals surface area contributed by atoms with Crippen LogP contribution in [0.1, 0.15) is 26.3 Å². The van der Waals surface area contributed by atoms with Gasteiger partial charge in [-0.3, -0.25) is 4.99 Å². The highest BCUT2D eigenvalue weighted by molar-refractivity contribution is 6.09. The van der Waals surface area contributed by atoms with Gasteiger partial charge in [-0.2, -0.15) is 0 Å². The number of H-pyrrole nitrogens is 1. The number of allylic oxidation sites excluding steroid dienone is 1. The first kappa shape index (κ1) is 16.8. The van der Waals surface area contributed by atoms with Crippen molar-refractivity contribution in [3.63, 3.8) is 0 Å². The quantitative estimate of drug-likeness (QED) is 0.446. The maximum absolute atomic E-state index is 11.3. The van der Waals surface area contributed by atoms with Crippen molar-refractivity contribution in [3.05, 3.63) is 47.4 Å². The van der Waals surface area contributed by atoms with Crippen LogP contribution in [-0.4, -0.2) is 33.9 Å². The number of aromatic amines is 1. The zero-order valence-corrected chi connectivity index (χ0v) is 13.6.